The molecule has 1 fully saturated rings. The highest BCUT2D eigenvalue weighted by Crippen LogP contribution is 2.38. The predicted molar refractivity (Wildman–Crippen MR) is 72.9 cm³/mol. The van der Waals surface area contributed by atoms with Gasteiger partial charge in [0.25, 0.3) is 0 Å². The van der Waals surface area contributed by atoms with Gasteiger partial charge in [-0.05, 0) is 44.9 Å². The van der Waals surface area contributed by atoms with E-state index in [1.807, 2.05) is 12.1 Å². The average molecular weight is 265 g/mol. The second kappa shape index (κ2) is 5.78. The molecule has 0 saturated carbocycles. The number of nitrogens with zero attached hydrogens (tertiary/aromatic N) is 1. The van der Waals surface area contributed by atoms with E-state index in [9.17, 15) is 9.90 Å². The van der Waals surface area contributed by atoms with E-state index in [0.29, 0.717) is 6.54 Å². The second-order valence-corrected chi connectivity index (χ2v) is 5.60. The molecule has 0 amide bonds. The van der Waals surface area contributed by atoms with Gasteiger partial charge >= 0.3 is 5.97 Å². The summed E-state index contributed by atoms with van der Waals surface area (Å²) < 4.78 is 5.45. The van der Waals surface area contributed by atoms with Gasteiger partial charge in [-0.1, -0.05) is 13.3 Å². The Balaban J connectivity index is 2.13. The number of aliphatic carboxylic acids is 1. The third-order valence-electron chi connectivity index (χ3n) is 4.29. The number of rotatable bonds is 5. The second-order valence-electron chi connectivity index (χ2n) is 5.60. The van der Waals surface area contributed by atoms with E-state index < -0.39 is 11.4 Å². The summed E-state index contributed by atoms with van der Waals surface area (Å²) in [7, 11) is 0. The van der Waals surface area contributed by atoms with Crippen LogP contribution in [0.4, 0.5) is 0 Å². The molecule has 106 valence electrons. The van der Waals surface area contributed by atoms with E-state index in [-0.39, 0.29) is 6.04 Å². The predicted octanol–water partition coefficient (Wildman–Crippen LogP) is 3.31. The third kappa shape index (κ3) is 2.84. The lowest BCUT2D eigenvalue weighted by Gasteiger charge is -2.42. The molecule has 2 rings (SSSR count). The molecule has 1 aliphatic heterocycles. The molecule has 0 aliphatic carbocycles. The van der Waals surface area contributed by atoms with Crippen molar-refractivity contribution in [1.82, 2.24) is 4.90 Å². The lowest BCUT2D eigenvalue weighted by Crippen LogP contribution is -2.48. The standard InChI is InChI=1S/C15H23NO3/c1-3-7-15(14(17)18)8-5-9-16(11-15)12(2)13-6-4-10-19-13/h4,6,10,12H,3,5,7-9,11H2,1-2H3,(H,17,18). The van der Waals surface area contributed by atoms with Crippen LogP contribution in [-0.2, 0) is 4.79 Å². The minimum atomic E-state index is -0.648. The Hall–Kier alpha value is -1.29. The van der Waals surface area contributed by atoms with Crippen molar-refractivity contribution >= 4 is 5.97 Å². The van der Waals surface area contributed by atoms with Gasteiger partial charge in [0, 0.05) is 6.54 Å². The minimum Gasteiger partial charge on any atom is -0.481 e. The number of hydrogen-bond donors (Lipinski definition) is 1. The van der Waals surface area contributed by atoms with Gasteiger partial charge in [0.2, 0.25) is 0 Å². The van der Waals surface area contributed by atoms with Crippen molar-refractivity contribution in [2.24, 2.45) is 5.41 Å². The highest BCUT2D eigenvalue weighted by molar-refractivity contribution is 5.75. The van der Waals surface area contributed by atoms with Gasteiger partial charge in [0.15, 0.2) is 0 Å². The summed E-state index contributed by atoms with van der Waals surface area (Å²) in [6, 6.07) is 3.99. The van der Waals surface area contributed by atoms with Crippen molar-refractivity contribution < 1.29 is 14.3 Å². The summed E-state index contributed by atoms with van der Waals surface area (Å²) in [6.45, 7) is 5.71. The van der Waals surface area contributed by atoms with Crippen LogP contribution in [0.1, 0.15) is 51.3 Å². The van der Waals surface area contributed by atoms with Crippen LogP contribution in [0.3, 0.4) is 0 Å². The van der Waals surface area contributed by atoms with Crippen molar-refractivity contribution in [3.63, 3.8) is 0 Å². The first-order valence-corrected chi connectivity index (χ1v) is 7.10. The average Bonchev–Trinajstić information content (AvgIpc) is 2.92. The number of furan rings is 1. The maximum atomic E-state index is 11.7. The van der Waals surface area contributed by atoms with Gasteiger partial charge in [0.05, 0.1) is 17.7 Å². The number of likely N-dealkylation sites (tertiary alicyclic amines) is 1. The molecule has 4 nitrogen and oxygen atoms in total. The first-order chi connectivity index (χ1) is 9.09. The Morgan fingerprint density at radius 2 is 2.42 bits per heavy atom. The van der Waals surface area contributed by atoms with Gasteiger partial charge < -0.3 is 9.52 Å². The minimum absolute atomic E-state index is 0.144. The van der Waals surface area contributed by atoms with Crippen LogP contribution in [0.2, 0.25) is 0 Å². The number of carbonyl (C=O) groups is 1. The summed E-state index contributed by atoms with van der Waals surface area (Å²) in [5.74, 6) is 0.267. The van der Waals surface area contributed by atoms with Crippen molar-refractivity contribution in [3.05, 3.63) is 24.2 Å². The fourth-order valence-corrected chi connectivity index (χ4v) is 3.17. The van der Waals surface area contributed by atoms with Crippen molar-refractivity contribution in [3.8, 4) is 0 Å². The van der Waals surface area contributed by atoms with Gasteiger partial charge in [0.1, 0.15) is 5.76 Å². The van der Waals surface area contributed by atoms with Crippen LogP contribution >= 0.6 is 0 Å². The Morgan fingerprint density at radius 1 is 1.63 bits per heavy atom. The normalized spacial score (nSPS) is 26.2. The van der Waals surface area contributed by atoms with E-state index >= 15 is 0 Å². The molecule has 1 aromatic heterocycles. The molecular weight excluding hydrogens is 242 g/mol. The fourth-order valence-electron chi connectivity index (χ4n) is 3.17. The fraction of sp³-hybridized carbons (Fsp3) is 0.667. The number of carboxylic acids is 1. The van der Waals surface area contributed by atoms with Crippen molar-refractivity contribution in [2.45, 2.75) is 45.6 Å². The molecule has 2 heterocycles. The van der Waals surface area contributed by atoms with Crippen LogP contribution in [0.5, 0.6) is 0 Å². The molecule has 2 unspecified atom stereocenters. The quantitative estimate of drug-likeness (QED) is 0.887. The van der Waals surface area contributed by atoms with Crippen LogP contribution in [0.25, 0.3) is 0 Å². The van der Waals surface area contributed by atoms with Gasteiger partial charge in [-0.25, -0.2) is 0 Å². The summed E-state index contributed by atoms with van der Waals surface area (Å²) in [4.78, 5) is 13.9. The first-order valence-electron chi connectivity index (χ1n) is 7.10. The molecule has 0 radical (unpaired) electrons. The number of hydrogen-bond acceptors (Lipinski definition) is 3. The molecule has 1 saturated heterocycles. The van der Waals surface area contributed by atoms with Crippen LogP contribution < -0.4 is 0 Å². The van der Waals surface area contributed by atoms with Crippen molar-refractivity contribution in [2.75, 3.05) is 13.1 Å². The highest BCUT2D eigenvalue weighted by atomic mass is 16.4. The summed E-state index contributed by atoms with van der Waals surface area (Å²) in [5, 5.41) is 9.60. The third-order valence-corrected chi connectivity index (χ3v) is 4.29. The van der Waals surface area contributed by atoms with E-state index in [1.54, 1.807) is 6.26 Å². The van der Waals surface area contributed by atoms with E-state index in [0.717, 1.165) is 38.0 Å². The smallest absolute Gasteiger partial charge is 0.310 e. The number of carboxylic acid groups (broad SMARTS) is 1. The molecule has 19 heavy (non-hydrogen) atoms. The lowest BCUT2D eigenvalue weighted by molar-refractivity contribution is -0.154. The Kier molecular flexibility index (Phi) is 4.30. The Labute approximate surface area is 114 Å². The van der Waals surface area contributed by atoms with Crippen molar-refractivity contribution in [1.29, 1.82) is 0 Å². The summed E-state index contributed by atoms with van der Waals surface area (Å²) in [6.07, 6.45) is 5.07. The molecule has 1 N–H and O–H groups in total. The molecule has 0 spiro atoms. The molecule has 1 aromatic rings. The van der Waals surface area contributed by atoms with Gasteiger partial charge in [-0.15, -0.1) is 0 Å². The van der Waals surface area contributed by atoms with Crippen LogP contribution in [0, 0.1) is 5.41 Å². The molecule has 0 aromatic carbocycles. The lowest BCUT2D eigenvalue weighted by atomic mass is 9.76. The molecule has 2 atom stereocenters. The Morgan fingerprint density at radius 3 is 3.00 bits per heavy atom. The highest BCUT2D eigenvalue weighted by Gasteiger charge is 2.42. The van der Waals surface area contributed by atoms with E-state index in [2.05, 4.69) is 18.7 Å². The largest absolute Gasteiger partial charge is 0.481 e. The topological polar surface area (TPSA) is 53.7 Å². The molecular formula is C15H23NO3. The van der Waals surface area contributed by atoms with Crippen LogP contribution in [0.15, 0.2) is 22.8 Å². The monoisotopic (exact) mass is 265 g/mol. The summed E-state index contributed by atoms with van der Waals surface area (Å²) in [5.41, 5.74) is -0.576. The van der Waals surface area contributed by atoms with E-state index in [1.165, 1.54) is 0 Å². The van der Waals surface area contributed by atoms with Crippen LogP contribution in [-0.4, -0.2) is 29.1 Å². The SMILES string of the molecule is CCCC1(C(=O)O)CCCN(C(C)c2ccco2)C1. The molecule has 0 bridgehead atoms. The van der Waals surface area contributed by atoms with E-state index in [4.69, 9.17) is 4.42 Å². The van der Waals surface area contributed by atoms with Gasteiger partial charge in [-0.2, -0.15) is 0 Å². The first kappa shape index (κ1) is 14.1. The zero-order chi connectivity index (χ0) is 13.9. The summed E-state index contributed by atoms with van der Waals surface area (Å²) >= 11 is 0. The zero-order valence-electron chi connectivity index (χ0n) is 11.8. The molecule has 4 heteroatoms. The maximum Gasteiger partial charge on any atom is 0.310 e. The molecule has 1 aliphatic rings. The zero-order valence-corrected chi connectivity index (χ0v) is 11.8. The Bertz CT molecular complexity index is 411. The maximum absolute atomic E-state index is 11.7. The number of piperidine rings is 1. The van der Waals surface area contributed by atoms with Gasteiger partial charge in [-0.3, -0.25) is 9.69 Å².